The highest BCUT2D eigenvalue weighted by Gasteiger charge is 2.36. The van der Waals surface area contributed by atoms with Crippen molar-refractivity contribution in [1.82, 2.24) is 0 Å². The Morgan fingerprint density at radius 1 is 1.14 bits per heavy atom. The maximum atomic E-state index is 13.3. The standard InChI is InChI=1S/C28H27ClN2O4S2/c1-28(2)14-17(11-16-5-7-19(8-6-16)30(3)4)24(29)18(15-28)12-23-25(33)31(27(36)37-23)20-9-10-21(26(34)35)22(32)13-20/h5-13,32H,14-15H2,1-4H3,(H,34,35). The number of hydrogen-bond acceptors (Lipinski definition) is 6. The van der Waals surface area contributed by atoms with Crippen molar-refractivity contribution in [3.05, 3.63) is 80.8 Å². The molecule has 4 rings (SSSR count). The summed E-state index contributed by atoms with van der Waals surface area (Å²) in [6.07, 6.45) is 5.39. The molecule has 0 saturated carbocycles. The van der Waals surface area contributed by atoms with Crippen molar-refractivity contribution in [3.63, 3.8) is 0 Å². The minimum Gasteiger partial charge on any atom is -0.507 e. The first-order chi connectivity index (χ1) is 17.4. The summed E-state index contributed by atoms with van der Waals surface area (Å²) in [6, 6.07) is 12.2. The first kappa shape index (κ1) is 27.0. The molecule has 2 aromatic rings. The van der Waals surface area contributed by atoms with Crippen molar-refractivity contribution in [2.45, 2.75) is 26.7 Å². The van der Waals surface area contributed by atoms with Gasteiger partial charge in [0.25, 0.3) is 5.91 Å². The fourth-order valence-corrected chi connectivity index (χ4v) is 5.99. The van der Waals surface area contributed by atoms with E-state index in [1.807, 2.05) is 19.0 Å². The number of thioether (sulfide) groups is 1. The summed E-state index contributed by atoms with van der Waals surface area (Å²) in [5.41, 5.74) is 4.02. The lowest BCUT2D eigenvalue weighted by molar-refractivity contribution is -0.113. The molecular weight excluding hydrogens is 528 g/mol. The van der Waals surface area contributed by atoms with Crippen LogP contribution in [0.25, 0.3) is 6.08 Å². The second kappa shape index (κ2) is 10.4. The fraction of sp³-hybridized carbons (Fsp3) is 0.250. The van der Waals surface area contributed by atoms with Crippen LogP contribution in [0, 0.1) is 5.41 Å². The topological polar surface area (TPSA) is 81.1 Å². The Morgan fingerprint density at radius 2 is 1.81 bits per heavy atom. The molecule has 192 valence electrons. The lowest BCUT2D eigenvalue weighted by Gasteiger charge is -2.32. The summed E-state index contributed by atoms with van der Waals surface area (Å²) in [4.78, 5) is 28.3. The summed E-state index contributed by atoms with van der Waals surface area (Å²) < 4.78 is 0.294. The molecule has 1 amide bonds. The third kappa shape index (κ3) is 5.76. The molecule has 9 heteroatoms. The zero-order chi connectivity index (χ0) is 27.1. The Bertz CT molecular complexity index is 1390. The van der Waals surface area contributed by atoms with Gasteiger partial charge in [-0.3, -0.25) is 9.69 Å². The molecule has 1 fully saturated rings. The minimum atomic E-state index is -1.26. The number of carbonyl (C=O) groups is 2. The molecule has 0 aromatic heterocycles. The van der Waals surface area contributed by atoms with Crippen molar-refractivity contribution in [3.8, 4) is 5.75 Å². The van der Waals surface area contributed by atoms with E-state index in [9.17, 15) is 14.7 Å². The molecule has 1 aliphatic carbocycles. The highest BCUT2D eigenvalue weighted by molar-refractivity contribution is 8.27. The zero-order valence-corrected chi connectivity index (χ0v) is 23.3. The number of nitrogens with zero attached hydrogens (tertiary/aromatic N) is 2. The van der Waals surface area contributed by atoms with Gasteiger partial charge in [0.15, 0.2) is 4.32 Å². The lowest BCUT2D eigenvalue weighted by atomic mass is 9.74. The number of halogens is 1. The predicted molar refractivity (Wildman–Crippen MR) is 155 cm³/mol. The number of aromatic carboxylic acids is 1. The average molecular weight is 555 g/mol. The van der Waals surface area contributed by atoms with Crippen molar-refractivity contribution >= 4 is 69.2 Å². The number of carboxylic acid groups (broad SMARTS) is 1. The van der Waals surface area contributed by atoms with Crippen LogP contribution in [-0.2, 0) is 4.79 Å². The Labute approximate surface area is 230 Å². The van der Waals surface area contributed by atoms with E-state index < -0.39 is 11.7 Å². The van der Waals surface area contributed by atoms with Crippen molar-refractivity contribution in [1.29, 1.82) is 0 Å². The quantitative estimate of drug-likeness (QED) is 0.310. The summed E-state index contributed by atoms with van der Waals surface area (Å²) in [5, 5.41) is 19.9. The molecule has 1 saturated heterocycles. The van der Waals surface area contributed by atoms with Gasteiger partial charge in [-0.2, -0.15) is 0 Å². The number of carboxylic acids is 1. The van der Waals surface area contributed by atoms with Gasteiger partial charge in [-0.25, -0.2) is 4.79 Å². The van der Waals surface area contributed by atoms with Crippen LogP contribution in [0.15, 0.2) is 69.6 Å². The van der Waals surface area contributed by atoms with Crippen LogP contribution < -0.4 is 9.80 Å². The van der Waals surface area contributed by atoms with Gasteiger partial charge in [0.2, 0.25) is 0 Å². The third-order valence-corrected chi connectivity index (χ3v) is 8.01. The molecule has 0 spiro atoms. The van der Waals surface area contributed by atoms with Crippen molar-refractivity contribution < 1.29 is 19.8 Å². The van der Waals surface area contributed by atoms with E-state index in [0.717, 1.165) is 40.6 Å². The van der Waals surface area contributed by atoms with Crippen LogP contribution >= 0.6 is 35.6 Å². The van der Waals surface area contributed by atoms with Gasteiger partial charge in [0.1, 0.15) is 11.3 Å². The number of allylic oxidation sites excluding steroid dienone is 4. The van der Waals surface area contributed by atoms with Gasteiger partial charge < -0.3 is 15.1 Å². The molecule has 37 heavy (non-hydrogen) atoms. The SMILES string of the molecule is CN(C)c1ccc(C=C2CC(C)(C)CC(C=C3SC(=S)N(c4ccc(C(=O)O)c(O)c4)C3=O)=C2Cl)cc1. The van der Waals surface area contributed by atoms with Gasteiger partial charge in [-0.1, -0.05) is 67.6 Å². The Hall–Kier alpha value is -3.07. The van der Waals surface area contributed by atoms with Crippen molar-refractivity contribution in [2.24, 2.45) is 5.41 Å². The number of phenols is 1. The number of anilines is 2. The zero-order valence-electron chi connectivity index (χ0n) is 20.9. The van der Waals surface area contributed by atoms with E-state index in [1.54, 1.807) is 6.08 Å². The van der Waals surface area contributed by atoms with Gasteiger partial charge in [-0.15, -0.1) is 0 Å². The third-order valence-electron chi connectivity index (χ3n) is 6.22. The van der Waals surface area contributed by atoms with Crippen LogP contribution in [0.1, 0.15) is 42.6 Å². The normalized spacial score (nSPS) is 19.8. The predicted octanol–water partition coefficient (Wildman–Crippen LogP) is 6.80. The van der Waals surface area contributed by atoms with Crippen LogP contribution in [0.4, 0.5) is 11.4 Å². The maximum Gasteiger partial charge on any atom is 0.339 e. The first-order valence-corrected chi connectivity index (χ1v) is 13.2. The van der Waals surface area contributed by atoms with E-state index in [4.69, 9.17) is 28.9 Å². The number of amides is 1. The molecule has 1 heterocycles. The molecule has 0 radical (unpaired) electrons. The number of hydrogen-bond donors (Lipinski definition) is 2. The first-order valence-electron chi connectivity index (χ1n) is 11.6. The van der Waals surface area contributed by atoms with Crippen LogP contribution in [0.2, 0.25) is 0 Å². The van der Waals surface area contributed by atoms with Gasteiger partial charge in [-0.05, 0) is 65.3 Å². The number of thiocarbonyl (C=S) groups is 1. The highest BCUT2D eigenvalue weighted by Crippen LogP contribution is 2.46. The molecule has 6 nitrogen and oxygen atoms in total. The second-order valence-electron chi connectivity index (χ2n) is 10.0. The smallest absolute Gasteiger partial charge is 0.339 e. The number of carbonyl (C=O) groups excluding carboxylic acids is 1. The highest BCUT2D eigenvalue weighted by atomic mass is 35.5. The minimum absolute atomic E-state index is 0.0643. The molecule has 2 aliphatic rings. The molecular formula is C28H27ClN2O4S2. The number of aromatic hydroxyl groups is 1. The van der Waals surface area contributed by atoms with E-state index >= 15 is 0 Å². The Morgan fingerprint density at radius 3 is 2.41 bits per heavy atom. The molecule has 0 bridgehead atoms. The summed E-state index contributed by atoms with van der Waals surface area (Å²) in [6.45, 7) is 4.34. The summed E-state index contributed by atoms with van der Waals surface area (Å²) in [7, 11) is 4.00. The maximum absolute atomic E-state index is 13.3. The molecule has 0 atom stereocenters. The molecule has 0 unspecified atom stereocenters. The van der Waals surface area contributed by atoms with Crippen LogP contribution in [0.5, 0.6) is 5.75 Å². The van der Waals surface area contributed by atoms with Gasteiger partial charge in [0, 0.05) is 30.9 Å². The Kier molecular flexibility index (Phi) is 7.55. The largest absolute Gasteiger partial charge is 0.507 e. The Balaban J connectivity index is 1.67. The van der Waals surface area contributed by atoms with E-state index in [0.29, 0.717) is 26.4 Å². The van der Waals surface area contributed by atoms with E-state index in [-0.39, 0.29) is 16.9 Å². The number of rotatable bonds is 5. The van der Waals surface area contributed by atoms with E-state index in [1.165, 1.54) is 23.1 Å². The second-order valence-corrected chi connectivity index (χ2v) is 12.1. The number of benzene rings is 2. The molecule has 1 aliphatic heterocycles. The van der Waals surface area contributed by atoms with Gasteiger partial charge >= 0.3 is 5.97 Å². The molecule has 2 N–H and O–H groups in total. The van der Waals surface area contributed by atoms with Crippen molar-refractivity contribution in [2.75, 3.05) is 23.9 Å². The average Bonchev–Trinajstić information content (AvgIpc) is 3.09. The molecule has 2 aromatic carbocycles. The lowest BCUT2D eigenvalue weighted by Crippen LogP contribution is -2.27. The van der Waals surface area contributed by atoms with Crippen LogP contribution in [-0.4, -0.2) is 40.5 Å². The van der Waals surface area contributed by atoms with Crippen LogP contribution in [0.3, 0.4) is 0 Å². The van der Waals surface area contributed by atoms with E-state index in [2.05, 4.69) is 44.2 Å². The van der Waals surface area contributed by atoms with Gasteiger partial charge in [0.05, 0.1) is 10.6 Å². The summed E-state index contributed by atoms with van der Waals surface area (Å²) >= 11 is 13.5. The fourth-order valence-electron chi connectivity index (χ4n) is 4.44. The summed E-state index contributed by atoms with van der Waals surface area (Å²) in [5.74, 6) is -2.04. The monoisotopic (exact) mass is 554 g/mol.